The predicted molar refractivity (Wildman–Crippen MR) is 64.0 cm³/mol. The van der Waals surface area contributed by atoms with Crippen LogP contribution in [0.25, 0.3) is 0 Å². The Hall–Kier alpha value is -2.13. The Labute approximate surface area is 105 Å². The smallest absolute Gasteiger partial charge is 0.268 e. The van der Waals surface area contributed by atoms with E-state index in [2.05, 4.69) is 0 Å². The molecule has 18 heavy (non-hydrogen) atoms. The van der Waals surface area contributed by atoms with Crippen molar-refractivity contribution in [2.24, 2.45) is 0 Å². The van der Waals surface area contributed by atoms with Gasteiger partial charge < -0.3 is 0 Å². The van der Waals surface area contributed by atoms with Gasteiger partial charge in [0, 0.05) is 6.08 Å². The highest BCUT2D eigenvalue weighted by Gasteiger charge is 2.40. The second kappa shape index (κ2) is 4.27. The molecule has 0 aliphatic carbocycles. The maximum Gasteiger partial charge on any atom is 0.269 e. The van der Waals surface area contributed by atoms with Gasteiger partial charge in [-0.1, -0.05) is 12.1 Å². The van der Waals surface area contributed by atoms with E-state index in [0.29, 0.717) is 5.57 Å². The van der Waals surface area contributed by atoms with Gasteiger partial charge in [0.05, 0.1) is 18.2 Å². The fourth-order valence-electron chi connectivity index (χ4n) is 1.77. The Kier molecular flexibility index (Phi) is 2.93. The van der Waals surface area contributed by atoms with Crippen LogP contribution in [-0.2, 0) is 10.0 Å². The molecular formula is C12H10N2O3S. The van der Waals surface area contributed by atoms with Crippen LogP contribution in [-0.4, -0.2) is 25.2 Å². The lowest BCUT2D eigenvalue weighted by Crippen LogP contribution is -2.31. The number of amides is 1. The number of hydrogen-bond acceptors (Lipinski definition) is 4. The molecule has 0 atom stereocenters. The fraction of sp³-hybridized carbons (Fsp3) is 0.167. The molecule has 1 aliphatic heterocycles. The maximum atomic E-state index is 12.1. The number of carbonyl (C=O) groups excluding carboxylic acids is 1. The third kappa shape index (κ3) is 1.79. The number of carbonyl (C=O) groups is 1. The molecular weight excluding hydrogens is 252 g/mol. The highest BCUT2D eigenvalue weighted by molar-refractivity contribution is 7.90. The third-order valence-corrected chi connectivity index (χ3v) is 4.40. The van der Waals surface area contributed by atoms with Crippen LogP contribution >= 0.6 is 0 Å². The molecule has 6 heteroatoms. The molecule has 0 fully saturated rings. The molecule has 0 unspecified atom stereocenters. The zero-order chi connectivity index (χ0) is 13.3. The Morgan fingerprint density at radius 3 is 2.72 bits per heavy atom. The van der Waals surface area contributed by atoms with Gasteiger partial charge in [-0.05, 0) is 24.6 Å². The molecule has 0 saturated carbocycles. The average molecular weight is 262 g/mol. The molecule has 0 bridgehead atoms. The molecule has 2 rings (SSSR count). The van der Waals surface area contributed by atoms with Crippen molar-refractivity contribution in [3.05, 3.63) is 41.5 Å². The van der Waals surface area contributed by atoms with Crippen LogP contribution in [0.15, 0.2) is 40.8 Å². The van der Waals surface area contributed by atoms with Gasteiger partial charge >= 0.3 is 0 Å². The number of nitriles is 1. The Morgan fingerprint density at radius 1 is 1.44 bits per heavy atom. The normalized spacial score (nSPS) is 17.4. The van der Waals surface area contributed by atoms with Crippen molar-refractivity contribution < 1.29 is 13.2 Å². The Balaban J connectivity index is 2.47. The summed E-state index contributed by atoms with van der Waals surface area (Å²) < 4.78 is 25.1. The van der Waals surface area contributed by atoms with E-state index in [1.165, 1.54) is 18.2 Å². The zero-order valence-corrected chi connectivity index (χ0v) is 10.4. The highest BCUT2D eigenvalue weighted by atomic mass is 32.2. The minimum absolute atomic E-state index is 0.0276. The van der Waals surface area contributed by atoms with E-state index in [9.17, 15) is 13.2 Å². The van der Waals surface area contributed by atoms with Crippen LogP contribution in [0.3, 0.4) is 0 Å². The van der Waals surface area contributed by atoms with E-state index in [1.54, 1.807) is 19.1 Å². The summed E-state index contributed by atoms with van der Waals surface area (Å²) in [6.07, 6.45) is 1.23. The number of benzene rings is 1. The highest BCUT2D eigenvalue weighted by Crippen LogP contribution is 2.30. The Morgan fingerprint density at radius 2 is 2.11 bits per heavy atom. The first-order valence-electron chi connectivity index (χ1n) is 5.20. The minimum Gasteiger partial charge on any atom is -0.268 e. The zero-order valence-electron chi connectivity index (χ0n) is 9.62. The van der Waals surface area contributed by atoms with Gasteiger partial charge in [0.15, 0.2) is 0 Å². The van der Waals surface area contributed by atoms with Gasteiger partial charge in [-0.15, -0.1) is 0 Å². The summed E-state index contributed by atoms with van der Waals surface area (Å²) in [4.78, 5) is 12.0. The van der Waals surface area contributed by atoms with Crippen LogP contribution in [0.4, 0.5) is 0 Å². The molecule has 0 saturated heterocycles. The van der Waals surface area contributed by atoms with E-state index in [-0.39, 0.29) is 17.0 Å². The molecule has 1 heterocycles. The first kappa shape index (κ1) is 12.3. The quantitative estimate of drug-likeness (QED) is 0.752. The number of nitrogens with zero attached hydrogens (tertiary/aromatic N) is 2. The topological polar surface area (TPSA) is 78.2 Å². The first-order valence-corrected chi connectivity index (χ1v) is 6.64. The van der Waals surface area contributed by atoms with Crippen molar-refractivity contribution in [2.75, 3.05) is 6.54 Å². The van der Waals surface area contributed by atoms with Crippen molar-refractivity contribution in [1.29, 1.82) is 5.26 Å². The summed E-state index contributed by atoms with van der Waals surface area (Å²) in [7, 11) is -3.78. The van der Waals surface area contributed by atoms with Gasteiger partial charge in [-0.2, -0.15) is 5.26 Å². The van der Waals surface area contributed by atoms with Crippen LogP contribution in [0.2, 0.25) is 0 Å². The first-order chi connectivity index (χ1) is 8.48. The lowest BCUT2D eigenvalue weighted by Gasteiger charge is -2.14. The van der Waals surface area contributed by atoms with Crippen LogP contribution < -0.4 is 0 Å². The molecule has 0 spiro atoms. The van der Waals surface area contributed by atoms with E-state index < -0.39 is 15.9 Å². The lowest BCUT2D eigenvalue weighted by molar-refractivity contribution is 0.0878. The fourth-order valence-corrected chi connectivity index (χ4v) is 3.38. The average Bonchev–Trinajstić information content (AvgIpc) is 2.52. The van der Waals surface area contributed by atoms with E-state index >= 15 is 0 Å². The molecule has 5 nitrogen and oxygen atoms in total. The summed E-state index contributed by atoms with van der Waals surface area (Å²) in [6, 6.07) is 7.90. The summed E-state index contributed by atoms with van der Waals surface area (Å²) in [5, 5.41) is 8.50. The van der Waals surface area contributed by atoms with Crippen molar-refractivity contribution in [1.82, 2.24) is 4.31 Å². The molecule has 1 aliphatic rings. The lowest BCUT2D eigenvalue weighted by atomic mass is 10.2. The molecule has 1 amide bonds. The molecule has 92 valence electrons. The standard InChI is InChI=1S/C12H10N2O3S/c1-9(6-7-13)8-14-12(15)10-4-2-3-5-11(10)18(14,16)17/h2-6H,8H2,1H3/b9-6-. The number of sulfonamides is 1. The van der Waals surface area contributed by atoms with E-state index in [1.807, 2.05) is 6.07 Å². The maximum absolute atomic E-state index is 12.1. The Bertz CT molecular complexity index is 684. The van der Waals surface area contributed by atoms with Crippen molar-refractivity contribution in [2.45, 2.75) is 11.8 Å². The number of fused-ring (bicyclic) bond motifs is 1. The molecule has 0 radical (unpaired) electrons. The van der Waals surface area contributed by atoms with Gasteiger partial charge in [0.1, 0.15) is 4.90 Å². The number of rotatable bonds is 2. The molecule has 0 aromatic heterocycles. The molecule has 0 N–H and O–H groups in total. The number of allylic oxidation sites excluding steroid dienone is 1. The van der Waals surface area contributed by atoms with E-state index in [0.717, 1.165) is 4.31 Å². The second-order valence-electron chi connectivity index (χ2n) is 3.93. The summed E-state index contributed by atoms with van der Waals surface area (Å²) in [6.45, 7) is 1.51. The van der Waals surface area contributed by atoms with Gasteiger partial charge in [-0.25, -0.2) is 12.7 Å². The third-order valence-electron chi connectivity index (χ3n) is 2.62. The van der Waals surface area contributed by atoms with Crippen molar-refractivity contribution in [3.63, 3.8) is 0 Å². The van der Waals surface area contributed by atoms with Gasteiger partial charge in [0.25, 0.3) is 15.9 Å². The van der Waals surface area contributed by atoms with Crippen LogP contribution in [0.1, 0.15) is 17.3 Å². The summed E-state index contributed by atoms with van der Waals surface area (Å²) in [5.41, 5.74) is 0.699. The van der Waals surface area contributed by atoms with Crippen LogP contribution in [0.5, 0.6) is 0 Å². The van der Waals surface area contributed by atoms with Gasteiger partial charge in [0.2, 0.25) is 0 Å². The van der Waals surface area contributed by atoms with Gasteiger partial charge in [-0.3, -0.25) is 4.79 Å². The van der Waals surface area contributed by atoms with Crippen molar-refractivity contribution in [3.8, 4) is 6.07 Å². The number of hydrogen-bond donors (Lipinski definition) is 0. The predicted octanol–water partition coefficient (Wildman–Crippen LogP) is 1.30. The summed E-state index contributed by atoms with van der Waals surface area (Å²) >= 11 is 0. The summed E-state index contributed by atoms with van der Waals surface area (Å²) in [5.74, 6) is -0.545. The molecule has 1 aromatic carbocycles. The van der Waals surface area contributed by atoms with E-state index in [4.69, 9.17) is 5.26 Å². The second-order valence-corrected chi connectivity index (χ2v) is 5.76. The monoisotopic (exact) mass is 262 g/mol. The SMILES string of the molecule is C/C(=C/C#N)CN1C(=O)c2ccccc2S1(=O)=O. The molecule has 1 aromatic rings. The largest absolute Gasteiger partial charge is 0.269 e. The van der Waals surface area contributed by atoms with Crippen molar-refractivity contribution >= 4 is 15.9 Å². The minimum atomic E-state index is -3.78. The van der Waals surface area contributed by atoms with Crippen LogP contribution in [0, 0.1) is 11.3 Å².